The molecule has 0 spiro atoms. The fraction of sp³-hybridized carbons (Fsp3) is 0.417. The molecule has 0 aliphatic heterocycles. The molecular formula is C12H19N. The minimum Gasteiger partial charge on any atom is -0.288 e. The Balaban J connectivity index is 4.79. The molecule has 0 amide bonds. The van der Waals surface area contributed by atoms with Crippen molar-refractivity contribution in [2.75, 3.05) is 7.05 Å². The first-order chi connectivity index (χ1) is 5.91. The molecule has 0 radical (unpaired) electrons. The van der Waals surface area contributed by atoms with E-state index in [1.54, 1.807) is 7.05 Å². The van der Waals surface area contributed by atoms with Crippen LogP contribution < -0.4 is 0 Å². The number of aliphatic imine (C=N–C) groups is 1. The van der Waals surface area contributed by atoms with Gasteiger partial charge in [0.1, 0.15) is 0 Å². The second-order valence-corrected chi connectivity index (χ2v) is 3.51. The van der Waals surface area contributed by atoms with E-state index in [1.807, 2.05) is 6.92 Å². The Morgan fingerprint density at radius 2 is 1.62 bits per heavy atom. The first kappa shape index (κ1) is 11.9. The summed E-state index contributed by atoms with van der Waals surface area (Å²) in [6.45, 7) is 17.9. The average molecular weight is 177 g/mol. The Morgan fingerprint density at radius 1 is 1.15 bits per heavy atom. The third-order valence-electron chi connectivity index (χ3n) is 2.00. The molecule has 0 N–H and O–H groups in total. The van der Waals surface area contributed by atoms with Gasteiger partial charge >= 0.3 is 0 Å². The fourth-order valence-corrected chi connectivity index (χ4v) is 1.08. The van der Waals surface area contributed by atoms with Gasteiger partial charge in [0.2, 0.25) is 0 Å². The summed E-state index contributed by atoms with van der Waals surface area (Å²) in [5, 5.41) is 0. The maximum absolute atomic E-state index is 4.15. The van der Waals surface area contributed by atoms with E-state index in [0.29, 0.717) is 5.92 Å². The Morgan fingerprint density at radius 3 is 1.85 bits per heavy atom. The molecule has 0 saturated carbocycles. The molecule has 0 unspecified atom stereocenters. The zero-order valence-electron chi connectivity index (χ0n) is 9.15. The van der Waals surface area contributed by atoms with Crippen LogP contribution in [0.15, 0.2) is 41.4 Å². The molecule has 0 atom stereocenters. The molecule has 13 heavy (non-hydrogen) atoms. The molecule has 0 saturated heterocycles. The molecule has 0 aromatic heterocycles. The lowest BCUT2D eigenvalue weighted by molar-refractivity contribution is 0.790. The maximum Gasteiger partial charge on any atom is 0.0663 e. The largest absolute Gasteiger partial charge is 0.288 e. The second-order valence-electron chi connectivity index (χ2n) is 3.51. The van der Waals surface area contributed by atoms with Crippen LogP contribution in [0.2, 0.25) is 0 Å². The Kier molecular flexibility index (Phi) is 4.39. The van der Waals surface area contributed by atoms with Crippen LogP contribution in [0, 0.1) is 5.92 Å². The van der Waals surface area contributed by atoms with E-state index < -0.39 is 0 Å². The van der Waals surface area contributed by atoms with Crippen LogP contribution in [-0.2, 0) is 0 Å². The standard InChI is InChI=1S/C12H19N/c1-8(2)10(5)11(6)12(13-7)9(3)4/h8H,3,5-6H2,1-2,4,7H3. The maximum atomic E-state index is 4.15. The molecule has 0 aromatic rings. The third kappa shape index (κ3) is 3.02. The summed E-state index contributed by atoms with van der Waals surface area (Å²) in [4.78, 5) is 4.15. The minimum absolute atomic E-state index is 0.406. The first-order valence-corrected chi connectivity index (χ1v) is 4.42. The zero-order valence-corrected chi connectivity index (χ0v) is 9.15. The van der Waals surface area contributed by atoms with E-state index in [4.69, 9.17) is 0 Å². The lowest BCUT2D eigenvalue weighted by atomic mass is 9.92. The van der Waals surface area contributed by atoms with Gasteiger partial charge in [-0.2, -0.15) is 0 Å². The molecular weight excluding hydrogens is 158 g/mol. The molecule has 0 aliphatic rings. The van der Waals surface area contributed by atoms with Crippen molar-refractivity contribution >= 4 is 5.71 Å². The van der Waals surface area contributed by atoms with Gasteiger partial charge in [-0.05, 0) is 29.6 Å². The van der Waals surface area contributed by atoms with Crippen molar-refractivity contribution < 1.29 is 0 Å². The van der Waals surface area contributed by atoms with E-state index in [1.165, 1.54) is 0 Å². The van der Waals surface area contributed by atoms with Crippen molar-refractivity contribution in [1.82, 2.24) is 0 Å². The molecule has 0 heterocycles. The van der Waals surface area contributed by atoms with Crippen LogP contribution in [0.4, 0.5) is 0 Å². The number of allylic oxidation sites excluding steroid dienone is 3. The van der Waals surface area contributed by atoms with Crippen molar-refractivity contribution in [2.24, 2.45) is 10.9 Å². The van der Waals surface area contributed by atoms with Gasteiger partial charge in [-0.3, -0.25) is 4.99 Å². The van der Waals surface area contributed by atoms with Crippen molar-refractivity contribution in [3.63, 3.8) is 0 Å². The van der Waals surface area contributed by atoms with Gasteiger partial charge in [0.25, 0.3) is 0 Å². The average Bonchev–Trinajstić information content (AvgIpc) is 2.03. The van der Waals surface area contributed by atoms with Crippen molar-refractivity contribution in [3.8, 4) is 0 Å². The minimum atomic E-state index is 0.406. The highest BCUT2D eigenvalue weighted by Gasteiger charge is 2.10. The molecule has 0 fully saturated rings. The van der Waals surface area contributed by atoms with Gasteiger partial charge in [-0.1, -0.05) is 33.6 Å². The van der Waals surface area contributed by atoms with Crippen LogP contribution in [0.3, 0.4) is 0 Å². The SMILES string of the molecule is C=C(C)C(=NC)C(=C)C(=C)C(C)C. The zero-order chi connectivity index (χ0) is 10.6. The van der Waals surface area contributed by atoms with E-state index in [2.05, 4.69) is 38.6 Å². The molecule has 0 bridgehead atoms. The molecule has 72 valence electrons. The Hall–Kier alpha value is -1.11. The van der Waals surface area contributed by atoms with E-state index >= 15 is 0 Å². The van der Waals surface area contributed by atoms with Gasteiger partial charge in [-0.25, -0.2) is 0 Å². The van der Waals surface area contributed by atoms with Gasteiger partial charge in [0.15, 0.2) is 0 Å². The second kappa shape index (κ2) is 4.80. The van der Waals surface area contributed by atoms with Gasteiger partial charge in [0, 0.05) is 7.05 Å². The van der Waals surface area contributed by atoms with Crippen molar-refractivity contribution in [3.05, 3.63) is 36.5 Å². The quantitative estimate of drug-likeness (QED) is 0.461. The van der Waals surface area contributed by atoms with Crippen LogP contribution in [0.1, 0.15) is 20.8 Å². The molecule has 1 nitrogen and oxygen atoms in total. The monoisotopic (exact) mass is 177 g/mol. The van der Waals surface area contributed by atoms with Crippen molar-refractivity contribution in [1.29, 1.82) is 0 Å². The van der Waals surface area contributed by atoms with Gasteiger partial charge in [0.05, 0.1) is 5.71 Å². The van der Waals surface area contributed by atoms with Crippen molar-refractivity contribution in [2.45, 2.75) is 20.8 Å². The summed E-state index contributed by atoms with van der Waals surface area (Å²) in [5.41, 5.74) is 3.75. The Bertz CT molecular complexity index is 267. The summed E-state index contributed by atoms with van der Waals surface area (Å²) >= 11 is 0. The highest BCUT2D eigenvalue weighted by atomic mass is 14.7. The lowest BCUT2D eigenvalue weighted by Gasteiger charge is -2.14. The predicted molar refractivity (Wildman–Crippen MR) is 61.3 cm³/mol. The van der Waals surface area contributed by atoms with Crippen LogP contribution >= 0.6 is 0 Å². The summed E-state index contributed by atoms with van der Waals surface area (Å²) in [6.07, 6.45) is 0. The number of hydrogen-bond acceptors (Lipinski definition) is 1. The summed E-state index contributed by atoms with van der Waals surface area (Å²) < 4.78 is 0. The molecule has 1 heteroatoms. The lowest BCUT2D eigenvalue weighted by Crippen LogP contribution is -2.08. The Labute approximate surface area is 81.6 Å². The summed E-state index contributed by atoms with van der Waals surface area (Å²) in [5.74, 6) is 0.406. The normalized spacial score (nSPS) is 11.6. The van der Waals surface area contributed by atoms with Crippen LogP contribution in [0.25, 0.3) is 0 Å². The molecule has 0 rings (SSSR count). The number of nitrogens with zero attached hydrogens (tertiary/aromatic N) is 1. The van der Waals surface area contributed by atoms with E-state index in [0.717, 1.165) is 22.4 Å². The highest BCUT2D eigenvalue weighted by molar-refractivity contribution is 6.13. The topological polar surface area (TPSA) is 12.4 Å². The predicted octanol–water partition coefficient (Wildman–Crippen LogP) is 3.40. The first-order valence-electron chi connectivity index (χ1n) is 4.42. The highest BCUT2D eigenvalue weighted by Crippen LogP contribution is 2.19. The van der Waals surface area contributed by atoms with E-state index in [-0.39, 0.29) is 0 Å². The number of rotatable bonds is 4. The smallest absolute Gasteiger partial charge is 0.0663 e. The van der Waals surface area contributed by atoms with Gasteiger partial charge < -0.3 is 0 Å². The van der Waals surface area contributed by atoms with E-state index in [9.17, 15) is 0 Å². The summed E-state index contributed by atoms with van der Waals surface area (Å²) in [6, 6.07) is 0. The number of hydrogen-bond donors (Lipinski definition) is 0. The molecule has 0 aliphatic carbocycles. The van der Waals surface area contributed by atoms with Gasteiger partial charge in [-0.15, -0.1) is 0 Å². The molecule has 0 aromatic carbocycles. The summed E-state index contributed by atoms with van der Waals surface area (Å²) in [7, 11) is 1.75. The van der Waals surface area contributed by atoms with Crippen LogP contribution in [-0.4, -0.2) is 12.8 Å². The third-order valence-corrected chi connectivity index (χ3v) is 2.00. The fourth-order valence-electron chi connectivity index (χ4n) is 1.08. The van der Waals surface area contributed by atoms with Crippen LogP contribution in [0.5, 0.6) is 0 Å².